The Morgan fingerprint density at radius 1 is 0.850 bits per heavy atom. The second-order valence-corrected chi connectivity index (χ2v) is 13.0. The molecule has 0 bridgehead atoms. The largest absolute Gasteiger partial charge is 0.354 e. The number of anilines is 1. The molecule has 214 valence electrons. The van der Waals surface area contributed by atoms with Gasteiger partial charge in [-0.05, 0) is 60.9 Å². The fourth-order valence-electron chi connectivity index (χ4n) is 3.78. The van der Waals surface area contributed by atoms with Gasteiger partial charge in [0.25, 0.3) is 10.0 Å². The van der Waals surface area contributed by atoms with Crippen molar-refractivity contribution in [1.29, 1.82) is 0 Å². The van der Waals surface area contributed by atoms with Crippen LogP contribution in [0.1, 0.15) is 26.3 Å². The number of sulfonamides is 1. The van der Waals surface area contributed by atoms with E-state index in [4.69, 9.17) is 46.4 Å². The molecule has 40 heavy (non-hydrogen) atoms. The molecule has 7 nitrogen and oxygen atoms in total. The van der Waals surface area contributed by atoms with E-state index in [1.807, 2.05) is 13.8 Å². The summed E-state index contributed by atoms with van der Waals surface area (Å²) in [4.78, 5) is 28.3. The number of hydrogen-bond donors (Lipinski definition) is 1. The molecule has 0 saturated carbocycles. The number of amides is 2. The quantitative estimate of drug-likeness (QED) is 0.252. The average molecular weight is 645 g/mol. The highest BCUT2D eigenvalue weighted by atomic mass is 35.5. The van der Waals surface area contributed by atoms with Crippen LogP contribution in [0.5, 0.6) is 0 Å². The van der Waals surface area contributed by atoms with Crippen LogP contribution in [0.15, 0.2) is 71.6 Å². The van der Waals surface area contributed by atoms with E-state index in [-0.39, 0.29) is 44.0 Å². The Balaban J connectivity index is 2.06. The Labute approximate surface area is 255 Å². The first-order valence-corrected chi connectivity index (χ1v) is 15.3. The summed E-state index contributed by atoms with van der Waals surface area (Å²) in [7, 11) is -4.27. The first-order valence-electron chi connectivity index (χ1n) is 12.3. The molecule has 0 aliphatic carbocycles. The van der Waals surface area contributed by atoms with Gasteiger partial charge in [-0.1, -0.05) is 84.5 Å². The van der Waals surface area contributed by atoms with Gasteiger partial charge in [-0.25, -0.2) is 8.42 Å². The van der Waals surface area contributed by atoms with Gasteiger partial charge in [-0.3, -0.25) is 13.9 Å². The summed E-state index contributed by atoms with van der Waals surface area (Å²) < 4.78 is 28.5. The molecule has 0 heterocycles. The number of nitrogens with zero attached hydrogens (tertiary/aromatic N) is 2. The highest BCUT2D eigenvalue weighted by Gasteiger charge is 2.33. The maximum Gasteiger partial charge on any atom is 0.264 e. The third-order valence-electron chi connectivity index (χ3n) is 5.98. The van der Waals surface area contributed by atoms with E-state index < -0.39 is 28.5 Å². The number of nitrogens with one attached hydrogen (secondary N) is 1. The highest BCUT2D eigenvalue weighted by Crippen LogP contribution is 2.33. The predicted molar refractivity (Wildman–Crippen MR) is 162 cm³/mol. The van der Waals surface area contributed by atoms with Gasteiger partial charge in [0.1, 0.15) is 12.6 Å². The minimum atomic E-state index is -4.27. The number of hydrogen-bond acceptors (Lipinski definition) is 4. The molecule has 0 saturated heterocycles. The van der Waals surface area contributed by atoms with Crippen LogP contribution in [0.3, 0.4) is 0 Å². The van der Waals surface area contributed by atoms with Gasteiger partial charge >= 0.3 is 0 Å². The van der Waals surface area contributed by atoms with Crippen LogP contribution in [0.25, 0.3) is 0 Å². The van der Waals surface area contributed by atoms with Gasteiger partial charge in [0.2, 0.25) is 11.8 Å². The summed E-state index contributed by atoms with van der Waals surface area (Å²) >= 11 is 24.9. The van der Waals surface area contributed by atoms with Crippen molar-refractivity contribution in [3.63, 3.8) is 0 Å². The zero-order chi connectivity index (χ0) is 29.6. The number of halogens is 4. The highest BCUT2D eigenvalue weighted by molar-refractivity contribution is 7.92. The monoisotopic (exact) mass is 643 g/mol. The van der Waals surface area contributed by atoms with Gasteiger partial charge in [0, 0.05) is 18.1 Å². The van der Waals surface area contributed by atoms with E-state index >= 15 is 0 Å². The van der Waals surface area contributed by atoms with Crippen LogP contribution in [0.4, 0.5) is 5.69 Å². The summed E-state index contributed by atoms with van der Waals surface area (Å²) in [5, 5.41) is 3.76. The number of carbonyl (C=O) groups is 2. The second-order valence-electron chi connectivity index (χ2n) is 9.51. The van der Waals surface area contributed by atoms with Gasteiger partial charge < -0.3 is 10.2 Å². The zero-order valence-electron chi connectivity index (χ0n) is 22.1. The maximum absolute atomic E-state index is 13.9. The van der Waals surface area contributed by atoms with Crippen molar-refractivity contribution in [3.05, 3.63) is 92.4 Å². The third kappa shape index (κ3) is 8.04. The Hall–Kier alpha value is -2.49. The number of benzene rings is 3. The maximum atomic E-state index is 13.9. The molecule has 1 atom stereocenters. The molecule has 1 unspecified atom stereocenters. The smallest absolute Gasteiger partial charge is 0.264 e. The van der Waals surface area contributed by atoms with Crippen molar-refractivity contribution >= 4 is 73.9 Å². The number of carbonyl (C=O) groups excluding carboxylic acids is 2. The Morgan fingerprint density at radius 3 is 2.12 bits per heavy atom. The van der Waals surface area contributed by atoms with E-state index in [0.29, 0.717) is 17.1 Å². The van der Waals surface area contributed by atoms with Crippen molar-refractivity contribution in [2.45, 2.75) is 38.3 Å². The summed E-state index contributed by atoms with van der Waals surface area (Å²) in [5.41, 5.74) is 0.627. The van der Waals surface area contributed by atoms with Crippen LogP contribution in [0, 0.1) is 5.92 Å². The van der Waals surface area contributed by atoms with Crippen LogP contribution < -0.4 is 9.62 Å². The van der Waals surface area contributed by atoms with E-state index in [0.717, 1.165) is 4.31 Å². The third-order valence-corrected chi connectivity index (χ3v) is 9.04. The van der Waals surface area contributed by atoms with Crippen molar-refractivity contribution < 1.29 is 18.0 Å². The lowest BCUT2D eigenvalue weighted by molar-refractivity contribution is -0.139. The van der Waals surface area contributed by atoms with Crippen LogP contribution in [-0.2, 0) is 26.2 Å². The normalized spacial score (nSPS) is 12.2. The molecule has 0 aromatic heterocycles. The minimum Gasteiger partial charge on any atom is -0.354 e. The number of rotatable bonds is 11. The first-order chi connectivity index (χ1) is 18.8. The average Bonchev–Trinajstić information content (AvgIpc) is 2.92. The molecule has 3 rings (SSSR count). The molecule has 0 fully saturated rings. The Kier molecular flexibility index (Phi) is 11.1. The van der Waals surface area contributed by atoms with Crippen molar-refractivity contribution in [2.75, 3.05) is 17.4 Å². The molecule has 3 aromatic rings. The minimum absolute atomic E-state index is 0.0257. The van der Waals surface area contributed by atoms with Gasteiger partial charge in [0.05, 0.1) is 25.7 Å². The van der Waals surface area contributed by atoms with E-state index in [1.54, 1.807) is 43.3 Å². The molecule has 0 radical (unpaired) electrons. The van der Waals surface area contributed by atoms with Gasteiger partial charge in [-0.15, -0.1) is 0 Å². The fraction of sp³-hybridized carbons (Fsp3) is 0.286. The van der Waals surface area contributed by atoms with Gasteiger partial charge in [-0.2, -0.15) is 0 Å². The lowest BCUT2D eigenvalue weighted by atomic mass is 10.1. The molecular weight excluding hydrogens is 616 g/mol. The zero-order valence-corrected chi connectivity index (χ0v) is 25.9. The van der Waals surface area contributed by atoms with Crippen molar-refractivity contribution in [3.8, 4) is 0 Å². The molecule has 0 spiro atoms. The standard InChI is InChI=1S/C28H29Cl4N3O4S/c1-18(2)15-33-28(37)19(3)34(16-20-9-11-23(30)25(32)13-20)27(36)17-35(26-14-21(29)10-12-24(26)31)40(38,39)22-7-5-4-6-8-22/h4-14,18-19H,15-17H2,1-3H3,(H,33,37). The van der Waals surface area contributed by atoms with Gasteiger partial charge in [0.15, 0.2) is 0 Å². The molecular formula is C28H29Cl4N3O4S. The molecule has 3 aromatic carbocycles. The molecule has 0 aliphatic rings. The predicted octanol–water partition coefficient (Wildman–Crippen LogP) is 6.69. The van der Waals surface area contributed by atoms with Crippen molar-refractivity contribution in [2.24, 2.45) is 5.92 Å². The SMILES string of the molecule is CC(C)CNC(=O)C(C)N(Cc1ccc(Cl)c(Cl)c1)C(=O)CN(c1cc(Cl)ccc1Cl)S(=O)(=O)c1ccccc1. The second kappa shape index (κ2) is 13.9. The van der Waals surface area contributed by atoms with E-state index in [9.17, 15) is 18.0 Å². The fourth-order valence-corrected chi connectivity index (χ4v) is 5.98. The van der Waals surface area contributed by atoms with E-state index in [1.165, 1.54) is 35.2 Å². The lowest BCUT2D eigenvalue weighted by Gasteiger charge is -2.32. The topological polar surface area (TPSA) is 86.8 Å². The summed E-state index contributed by atoms with van der Waals surface area (Å²) in [6.45, 7) is 5.20. The molecule has 12 heteroatoms. The lowest BCUT2D eigenvalue weighted by Crippen LogP contribution is -2.51. The summed E-state index contributed by atoms with van der Waals surface area (Å²) in [6.07, 6.45) is 0. The molecule has 0 aliphatic heterocycles. The summed E-state index contributed by atoms with van der Waals surface area (Å²) in [6, 6.07) is 15.9. The van der Waals surface area contributed by atoms with Crippen LogP contribution in [0.2, 0.25) is 20.1 Å². The first kappa shape index (κ1) is 32.0. The molecule has 1 N–H and O–H groups in total. The Morgan fingerprint density at radius 2 is 1.50 bits per heavy atom. The van der Waals surface area contributed by atoms with Crippen LogP contribution in [-0.4, -0.2) is 44.3 Å². The van der Waals surface area contributed by atoms with E-state index in [2.05, 4.69) is 5.32 Å². The summed E-state index contributed by atoms with van der Waals surface area (Å²) in [5.74, 6) is -0.846. The van der Waals surface area contributed by atoms with Crippen molar-refractivity contribution in [1.82, 2.24) is 10.2 Å². The van der Waals surface area contributed by atoms with Crippen LogP contribution >= 0.6 is 46.4 Å². The Bertz CT molecular complexity index is 1470. The molecule has 2 amide bonds.